The van der Waals surface area contributed by atoms with E-state index in [0.29, 0.717) is 11.3 Å². The summed E-state index contributed by atoms with van der Waals surface area (Å²) in [7, 11) is 0. The molecule has 2 aromatic rings. The summed E-state index contributed by atoms with van der Waals surface area (Å²) in [6.07, 6.45) is 1.75. The van der Waals surface area contributed by atoms with Gasteiger partial charge in [0.15, 0.2) is 5.95 Å². The number of hydrogen-bond donors (Lipinski definition) is 1. The van der Waals surface area contributed by atoms with E-state index in [0.717, 1.165) is 0 Å². The Hall–Kier alpha value is -1.91. The van der Waals surface area contributed by atoms with Gasteiger partial charge in [0.2, 0.25) is 0 Å². The van der Waals surface area contributed by atoms with Gasteiger partial charge < -0.3 is 5.11 Å². The van der Waals surface area contributed by atoms with Crippen molar-refractivity contribution in [1.29, 1.82) is 0 Å². The number of pyridine rings is 1. The number of fused-ring (bicyclic) bond motifs is 1. The SMILES string of the molecule is O=C(O)CCc1cnc2cccc(F)n12. The van der Waals surface area contributed by atoms with Gasteiger partial charge in [-0.1, -0.05) is 6.07 Å². The van der Waals surface area contributed by atoms with E-state index in [2.05, 4.69) is 4.98 Å². The zero-order chi connectivity index (χ0) is 10.8. The maximum Gasteiger partial charge on any atom is 0.303 e. The van der Waals surface area contributed by atoms with Crippen LogP contribution in [0.1, 0.15) is 12.1 Å². The van der Waals surface area contributed by atoms with E-state index in [4.69, 9.17) is 5.11 Å². The van der Waals surface area contributed by atoms with Crippen LogP contribution in [0.3, 0.4) is 0 Å². The average molecular weight is 208 g/mol. The number of imidazole rings is 1. The largest absolute Gasteiger partial charge is 0.481 e. The normalized spacial score (nSPS) is 10.7. The van der Waals surface area contributed by atoms with Crippen LogP contribution in [0.5, 0.6) is 0 Å². The van der Waals surface area contributed by atoms with Gasteiger partial charge in [0.25, 0.3) is 0 Å². The Balaban J connectivity index is 2.39. The minimum Gasteiger partial charge on any atom is -0.481 e. The summed E-state index contributed by atoms with van der Waals surface area (Å²) < 4.78 is 14.7. The van der Waals surface area contributed by atoms with Crippen LogP contribution >= 0.6 is 0 Å². The van der Waals surface area contributed by atoms with Crippen LogP contribution in [0.4, 0.5) is 4.39 Å². The number of halogens is 1. The summed E-state index contributed by atoms with van der Waals surface area (Å²) in [6.45, 7) is 0. The van der Waals surface area contributed by atoms with Crippen molar-refractivity contribution in [2.75, 3.05) is 0 Å². The molecule has 0 aliphatic rings. The van der Waals surface area contributed by atoms with Gasteiger partial charge in [-0.2, -0.15) is 4.39 Å². The highest BCUT2D eigenvalue weighted by atomic mass is 19.1. The molecule has 0 saturated heterocycles. The molecule has 0 bridgehead atoms. The number of aromatic nitrogens is 2. The molecular weight excluding hydrogens is 199 g/mol. The number of carboxylic acid groups (broad SMARTS) is 1. The van der Waals surface area contributed by atoms with Crippen LogP contribution in [0.15, 0.2) is 24.4 Å². The molecule has 0 saturated carbocycles. The van der Waals surface area contributed by atoms with Gasteiger partial charge in [-0.05, 0) is 12.1 Å². The van der Waals surface area contributed by atoms with Gasteiger partial charge in [-0.25, -0.2) is 4.98 Å². The molecule has 0 radical (unpaired) electrons. The minimum atomic E-state index is -0.902. The van der Waals surface area contributed by atoms with Gasteiger partial charge >= 0.3 is 5.97 Å². The lowest BCUT2D eigenvalue weighted by Gasteiger charge is -2.00. The van der Waals surface area contributed by atoms with Crippen LogP contribution in [0.2, 0.25) is 0 Å². The van der Waals surface area contributed by atoms with Crippen LogP contribution in [0, 0.1) is 5.95 Å². The van der Waals surface area contributed by atoms with Gasteiger partial charge in [-0.3, -0.25) is 9.20 Å². The van der Waals surface area contributed by atoms with Crippen LogP contribution in [-0.4, -0.2) is 20.5 Å². The first-order chi connectivity index (χ1) is 7.18. The Morgan fingerprint density at radius 3 is 3.07 bits per heavy atom. The summed E-state index contributed by atoms with van der Waals surface area (Å²) in [6, 6.07) is 4.56. The summed E-state index contributed by atoms with van der Waals surface area (Å²) in [5.41, 5.74) is 1.07. The minimum absolute atomic E-state index is 0.0257. The van der Waals surface area contributed by atoms with E-state index in [1.54, 1.807) is 12.1 Å². The first-order valence-electron chi connectivity index (χ1n) is 4.51. The summed E-state index contributed by atoms with van der Waals surface area (Å²) in [5.74, 6) is -1.33. The third kappa shape index (κ3) is 1.81. The number of nitrogens with zero attached hydrogens (tertiary/aromatic N) is 2. The quantitative estimate of drug-likeness (QED) is 0.777. The van der Waals surface area contributed by atoms with E-state index in [9.17, 15) is 9.18 Å². The van der Waals surface area contributed by atoms with Crippen molar-refractivity contribution < 1.29 is 14.3 Å². The van der Waals surface area contributed by atoms with Crippen molar-refractivity contribution >= 4 is 11.6 Å². The Morgan fingerprint density at radius 2 is 2.33 bits per heavy atom. The highest BCUT2D eigenvalue weighted by Crippen LogP contribution is 2.11. The van der Waals surface area contributed by atoms with Crippen molar-refractivity contribution in [3.63, 3.8) is 0 Å². The second kappa shape index (κ2) is 3.68. The second-order valence-corrected chi connectivity index (χ2v) is 3.19. The fraction of sp³-hybridized carbons (Fsp3) is 0.200. The van der Waals surface area contributed by atoms with E-state index < -0.39 is 11.9 Å². The number of aliphatic carboxylic acids is 1. The van der Waals surface area contributed by atoms with Crippen molar-refractivity contribution in [3.8, 4) is 0 Å². The van der Waals surface area contributed by atoms with E-state index in [1.165, 1.54) is 16.7 Å². The van der Waals surface area contributed by atoms with Crippen molar-refractivity contribution in [2.24, 2.45) is 0 Å². The molecule has 0 spiro atoms. The third-order valence-corrected chi connectivity index (χ3v) is 2.15. The third-order valence-electron chi connectivity index (χ3n) is 2.15. The predicted octanol–water partition coefficient (Wildman–Crippen LogP) is 1.49. The van der Waals surface area contributed by atoms with E-state index >= 15 is 0 Å². The lowest BCUT2D eigenvalue weighted by atomic mass is 10.2. The first-order valence-corrected chi connectivity index (χ1v) is 4.51. The molecule has 0 atom stereocenters. The molecule has 4 nitrogen and oxygen atoms in total. The molecule has 5 heteroatoms. The average Bonchev–Trinajstić information content (AvgIpc) is 2.59. The maximum absolute atomic E-state index is 13.4. The van der Waals surface area contributed by atoms with Gasteiger partial charge in [0, 0.05) is 18.3 Å². The Labute approximate surface area is 85.0 Å². The van der Waals surface area contributed by atoms with Crippen molar-refractivity contribution in [3.05, 3.63) is 36.0 Å². The fourth-order valence-electron chi connectivity index (χ4n) is 1.47. The number of carboxylic acids is 1. The predicted molar refractivity (Wildman–Crippen MR) is 51.1 cm³/mol. The number of aryl methyl sites for hydroxylation is 1. The molecule has 2 rings (SSSR count). The number of carbonyl (C=O) groups is 1. The second-order valence-electron chi connectivity index (χ2n) is 3.19. The van der Waals surface area contributed by atoms with Gasteiger partial charge in [0.1, 0.15) is 5.65 Å². The van der Waals surface area contributed by atoms with Gasteiger partial charge in [0.05, 0.1) is 6.42 Å². The molecule has 15 heavy (non-hydrogen) atoms. The molecule has 0 fully saturated rings. The number of hydrogen-bond acceptors (Lipinski definition) is 2. The monoisotopic (exact) mass is 208 g/mol. The highest BCUT2D eigenvalue weighted by molar-refractivity contribution is 5.67. The zero-order valence-corrected chi connectivity index (χ0v) is 7.85. The molecule has 0 aliphatic carbocycles. The Bertz CT molecular complexity index is 507. The Kier molecular flexibility index (Phi) is 2.37. The van der Waals surface area contributed by atoms with E-state index in [1.807, 2.05) is 0 Å². The smallest absolute Gasteiger partial charge is 0.303 e. The molecule has 78 valence electrons. The molecular formula is C10H9FN2O2. The fourth-order valence-corrected chi connectivity index (χ4v) is 1.47. The number of rotatable bonds is 3. The summed E-state index contributed by atoms with van der Waals surface area (Å²) in [4.78, 5) is 14.4. The topological polar surface area (TPSA) is 54.6 Å². The maximum atomic E-state index is 13.4. The van der Waals surface area contributed by atoms with Crippen LogP contribution in [-0.2, 0) is 11.2 Å². The molecule has 1 N–H and O–H groups in total. The lowest BCUT2D eigenvalue weighted by Crippen LogP contribution is -2.02. The zero-order valence-electron chi connectivity index (χ0n) is 7.85. The Morgan fingerprint density at radius 1 is 1.53 bits per heavy atom. The molecule has 2 aromatic heterocycles. The summed E-state index contributed by atoms with van der Waals surface area (Å²) in [5, 5.41) is 8.53. The lowest BCUT2D eigenvalue weighted by molar-refractivity contribution is -0.136. The first kappa shape index (κ1) is 9.64. The molecule has 0 aromatic carbocycles. The van der Waals surface area contributed by atoms with Gasteiger partial charge in [-0.15, -0.1) is 0 Å². The molecule has 0 unspecified atom stereocenters. The van der Waals surface area contributed by atoms with Crippen molar-refractivity contribution in [2.45, 2.75) is 12.8 Å². The van der Waals surface area contributed by atoms with Crippen LogP contribution in [0.25, 0.3) is 5.65 Å². The standard InChI is InChI=1S/C10H9FN2O2/c11-8-2-1-3-9-12-6-7(13(8)9)4-5-10(14)15/h1-3,6H,4-5H2,(H,14,15). The molecule has 2 heterocycles. The van der Waals surface area contributed by atoms with Crippen molar-refractivity contribution in [1.82, 2.24) is 9.38 Å². The summed E-state index contributed by atoms with van der Waals surface area (Å²) >= 11 is 0. The molecule has 0 aliphatic heterocycles. The molecule has 0 amide bonds. The highest BCUT2D eigenvalue weighted by Gasteiger charge is 2.08. The van der Waals surface area contributed by atoms with E-state index in [-0.39, 0.29) is 12.8 Å². The van der Waals surface area contributed by atoms with Crippen LogP contribution < -0.4 is 0 Å².